The Labute approximate surface area is 201 Å². The van der Waals surface area contributed by atoms with Crippen molar-refractivity contribution in [2.24, 2.45) is 16.8 Å². The molecule has 1 aliphatic heterocycles. The molecule has 1 saturated heterocycles. The number of oxime groups is 1. The van der Waals surface area contributed by atoms with E-state index >= 15 is 0 Å². The first-order valence-electron chi connectivity index (χ1n) is 11.8. The van der Waals surface area contributed by atoms with Crippen molar-refractivity contribution in [3.8, 4) is 0 Å². The van der Waals surface area contributed by atoms with E-state index in [9.17, 15) is 10.0 Å². The number of carbonyl (C=O) groups is 1. The number of primary amides is 1. The van der Waals surface area contributed by atoms with Crippen molar-refractivity contribution in [3.05, 3.63) is 94.8 Å². The van der Waals surface area contributed by atoms with Crippen molar-refractivity contribution in [2.75, 3.05) is 18.0 Å². The lowest BCUT2D eigenvalue weighted by molar-refractivity contribution is -0.122. The number of hydrogen-bond acceptors (Lipinski definition) is 5. The molecule has 0 spiro atoms. The quantitative estimate of drug-likeness (QED) is 0.303. The molecule has 1 atom stereocenters. The van der Waals surface area contributed by atoms with Crippen LogP contribution < -0.4 is 10.6 Å². The van der Waals surface area contributed by atoms with Crippen molar-refractivity contribution < 1.29 is 10.0 Å². The topological polar surface area (TPSA) is 91.8 Å². The predicted molar refractivity (Wildman–Crippen MR) is 136 cm³/mol. The molecule has 0 saturated carbocycles. The molecule has 0 aliphatic carbocycles. The highest BCUT2D eigenvalue weighted by molar-refractivity contribution is 6.01. The second-order valence-electron chi connectivity index (χ2n) is 9.10. The van der Waals surface area contributed by atoms with Crippen LogP contribution in [0.15, 0.2) is 72.0 Å². The number of carbonyl (C=O) groups excluding carboxylic acids is 1. The van der Waals surface area contributed by atoms with Crippen LogP contribution in [0, 0.1) is 19.8 Å². The maximum atomic E-state index is 11.5. The van der Waals surface area contributed by atoms with Gasteiger partial charge in [0, 0.05) is 54.5 Å². The third-order valence-corrected chi connectivity index (χ3v) is 6.87. The molecule has 2 heterocycles. The Bertz CT molecular complexity index is 1170. The molecule has 1 aliphatic rings. The van der Waals surface area contributed by atoms with Crippen LogP contribution in [0.25, 0.3) is 0 Å². The zero-order chi connectivity index (χ0) is 24.1. The standard InChI is InChI=1S/C28H32N4O2/c1-19-5-3-4-6-25(19)26(18-27(31-34)23-11-14-30-20(2)17-23)21-7-9-24(10-8-21)32-15-12-22(13-16-32)28(29)33/h3-11,14,17,22,26,34H,12-13,15-16,18H2,1-2H3,(H2,29,33). The number of hydrogen-bond donors (Lipinski definition) is 2. The van der Waals surface area contributed by atoms with Crippen LogP contribution in [0.2, 0.25) is 0 Å². The summed E-state index contributed by atoms with van der Waals surface area (Å²) in [4.78, 5) is 18.1. The van der Waals surface area contributed by atoms with Crippen LogP contribution >= 0.6 is 0 Å². The van der Waals surface area contributed by atoms with E-state index in [0.717, 1.165) is 48.4 Å². The van der Waals surface area contributed by atoms with Gasteiger partial charge in [0.1, 0.15) is 0 Å². The van der Waals surface area contributed by atoms with Crippen LogP contribution in [0.4, 0.5) is 5.69 Å². The summed E-state index contributed by atoms with van der Waals surface area (Å²) in [5.41, 5.74) is 12.6. The van der Waals surface area contributed by atoms with Crippen molar-refractivity contribution >= 4 is 17.3 Å². The molecule has 1 aromatic heterocycles. The molecular weight excluding hydrogens is 424 g/mol. The normalized spacial score (nSPS) is 15.8. The van der Waals surface area contributed by atoms with E-state index in [2.05, 4.69) is 64.4 Å². The summed E-state index contributed by atoms with van der Waals surface area (Å²) in [6.07, 6.45) is 3.90. The highest BCUT2D eigenvalue weighted by Crippen LogP contribution is 2.33. The summed E-state index contributed by atoms with van der Waals surface area (Å²) in [5.74, 6) is -0.175. The SMILES string of the molecule is Cc1cc(C(CC(c2ccc(N3CCC(C(N)=O)CC3)cc2)c2ccccc2C)=NO)ccn1. The van der Waals surface area contributed by atoms with Crippen molar-refractivity contribution in [3.63, 3.8) is 0 Å². The maximum Gasteiger partial charge on any atom is 0.220 e. The number of aromatic nitrogens is 1. The molecule has 2 aromatic carbocycles. The number of anilines is 1. The lowest BCUT2D eigenvalue weighted by atomic mass is 9.83. The summed E-state index contributed by atoms with van der Waals surface area (Å²) in [7, 11) is 0. The molecule has 3 aromatic rings. The Morgan fingerprint density at radius 2 is 1.82 bits per heavy atom. The highest BCUT2D eigenvalue weighted by atomic mass is 16.4. The van der Waals surface area contributed by atoms with E-state index in [1.165, 1.54) is 11.1 Å². The minimum Gasteiger partial charge on any atom is -0.411 e. The second kappa shape index (κ2) is 10.5. The molecule has 0 bridgehead atoms. The summed E-state index contributed by atoms with van der Waals surface area (Å²) in [6, 6.07) is 20.8. The molecule has 1 unspecified atom stereocenters. The van der Waals surface area contributed by atoms with Crippen LogP contribution in [-0.4, -0.2) is 34.9 Å². The first-order chi connectivity index (χ1) is 16.5. The van der Waals surface area contributed by atoms with Crippen LogP contribution in [0.1, 0.15) is 53.1 Å². The average Bonchev–Trinajstić information content (AvgIpc) is 2.86. The van der Waals surface area contributed by atoms with Crippen LogP contribution in [-0.2, 0) is 4.79 Å². The molecule has 3 N–H and O–H groups in total. The molecule has 176 valence electrons. The fourth-order valence-corrected chi connectivity index (χ4v) is 4.86. The Morgan fingerprint density at radius 3 is 2.44 bits per heavy atom. The van der Waals surface area contributed by atoms with E-state index in [0.29, 0.717) is 12.1 Å². The van der Waals surface area contributed by atoms with Gasteiger partial charge in [0.15, 0.2) is 0 Å². The van der Waals surface area contributed by atoms with Crippen molar-refractivity contribution in [1.29, 1.82) is 0 Å². The molecule has 1 fully saturated rings. The number of benzene rings is 2. The monoisotopic (exact) mass is 456 g/mol. The third kappa shape index (κ3) is 5.28. The van der Waals surface area contributed by atoms with Gasteiger partial charge in [-0.2, -0.15) is 0 Å². The maximum absolute atomic E-state index is 11.5. The van der Waals surface area contributed by atoms with Gasteiger partial charge < -0.3 is 15.8 Å². The van der Waals surface area contributed by atoms with Crippen LogP contribution in [0.3, 0.4) is 0 Å². The van der Waals surface area contributed by atoms with Gasteiger partial charge in [0.05, 0.1) is 5.71 Å². The molecule has 1 amide bonds. The molecule has 0 radical (unpaired) electrons. The number of aryl methyl sites for hydroxylation is 2. The van der Waals surface area contributed by atoms with E-state index < -0.39 is 0 Å². The van der Waals surface area contributed by atoms with Crippen molar-refractivity contribution in [2.45, 2.75) is 39.0 Å². The Balaban J connectivity index is 1.61. The van der Waals surface area contributed by atoms with Gasteiger partial charge in [0.25, 0.3) is 0 Å². The fraction of sp³-hybridized carbons (Fsp3) is 0.321. The largest absolute Gasteiger partial charge is 0.411 e. The Kier molecular flexibility index (Phi) is 7.26. The van der Waals surface area contributed by atoms with Gasteiger partial charge in [-0.05, 0) is 67.6 Å². The zero-order valence-corrected chi connectivity index (χ0v) is 19.8. The third-order valence-electron chi connectivity index (χ3n) is 6.87. The lowest BCUT2D eigenvalue weighted by Gasteiger charge is -2.32. The number of rotatable bonds is 7. The molecule has 6 heteroatoms. The number of pyridine rings is 1. The predicted octanol–water partition coefficient (Wildman–Crippen LogP) is 4.80. The first-order valence-corrected chi connectivity index (χ1v) is 11.8. The Morgan fingerprint density at radius 1 is 1.12 bits per heavy atom. The average molecular weight is 457 g/mol. The van der Waals surface area contributed by atoms with Crippen LogP contribution in [0.5, 0.6) is 0 Å². The Hall–Kier alpha value is -3.67. The number of nitrogens with zero attached hydrogens (tertiary/aromatic N) is 3. The first kappa shape index (κ1) is 23.5. The molecular formula is C28H32N4O2. The lowest BCUT2D eigenvalue weighted by Crippen LogP contribution is -2.38. The highest BCUT2D eigenvalue weighted by Gasteiger charge is 2.24. The summed E-state index contributed by atoms with van der Waals surface area (Å²) in [6.45, 7) is 5.71. The van der Waals surface area contributed by atoms with E-state index in [4.69, 9.17) is 5.73 Å². The second-order valence-corrected chi connectivity index (χ2v) is 9.10. The van der Waals surface area contributed by atoms with Gasteiger partial charge in [-0.15, -0.1) is 0 Å². The van der Waals surface area contributed by atoms with E-state index in [1.807, 2.05) is 25.1 Å². The number of amides is 1. The van der Waals surface area contributed by atoms with Crippen molar-refractivity contribution in [1.82, 2.24) is 4.98 Å². The minimum atomic E-state index is -0.193. The zero-order valence-electron chi connectivity index (χ0n) is 19.8. The molecule has 4 rings (SSSR count). The van der Waals surface area contributed by atoms with Gasteiger partial charge >= 0.3 is 0 Å². The number of nitrogens with two attached hydrogens (primary N) is 1. The van der Waals surface area contributed by atoms with E-state index in [1.54, 1.807) is 6.20 Å². The number of piperidine rings is 1. The summed E-state index contributed by atoms with van der Waals surface area (Å²) < 4.78 is 0. The van der Waals surface area contributed by atoms with Gasteiger partial charge in [0.2, 0.25) is 5.91 Å². The summed E-state index contributed by atoms with van der Waals surface area (Å²) in [5, 5.41) is 13.6. The smallest absolute Gasteiger partial charge is 0.220 e. The molecule has 6 nitrogen and oxygen atoms in total. The van der Waals surface area contributed by atoms with E-state index in [-0.39, 0.29) is 17.7 Å². The van der Waals surface area contributed by atoms with Gasteiger partial charge in [-0.25, -0.2) is 0 Å². The van der Waals surface area contributed by atoms with Gasteiger partial charge in [-0.1, -0.05) is 41.6 Å². The fourth-order valence-electron chi connectivity index (χ4n) is 4.86. The summed E-state index contributed by atoms with van der Waals surface area (Å²) >= 11 is 0. The van der Waals surface area contributed by atoms with Gasteiger partial charge in [-0.3, -0.25) is 9.78 Å². The minimum absolute atomic E-state index is 0.0195. The molecule has 34 heavy (non-hydrogen) atoms.